The highest BCUT2D eigenvalue weighted by atomic mass is 35.5. The number of methoxy groups -OCH3 is 1. The van der Waals surface area contributed by atoms with E-state index in [-0.39, 0.29) is 18.9 Å². The normalized spacial score (nSPS) is 13.4. The van der Waals surface area contributed by atoms with Crippen LogP contribution in [0.2, 0.25) is 5.02 Å². The lowest BCUT2D eigenvalue weighted by Crippen LogP contribution is -2.49. The molecule has 2 unspecified atom stereocenters. The Morgan fingerprint density at radius 2 is 2.04 bits per heavy atom. The van der Waals surface area contributed by atoms with Gasteiger partial charge in [0.15, 0.2) is 6.10 Å². The first-order valence-electron chi connectivity index (χ1n) is 7.29. The molecule has 0 saturated carbocycles. The average Bonchev–Trinajstić information content (AvgIpc) is 2.48. The van der Waals surface area contributed by atoms with Crippen molar-refractivity contribution in [3.8, 4) is 5.75 Å². The Bertz CT molecular complexity index is 535. The van der Waals surface area contributed by atoms with Crippen LogP contribution in [0.5, 0.6) is 5.75 Å². The van der Waals surface area contributed by atoms with Crippen molar-refractivity contribution in [2.75, 3.05) is 13.7 Å². The number of hydrogen-bond acceptors (Lipinski definition) is 4. The molecular weight excluding hydrogens is 322 g/mol. The standard InChI is InChI=1S/C16H22ClNO5/c1-10(2)14(23-12-6-4-5-11(17)9-12)15(19)18-13(16(20)21)7-8-22-3/h4-6,9-10,13-14H,7-8H2,1-3H3,(H,18,19)(H,20,21). The minimum absolute atomic E-state index is 0.147. The van der Waals surface area contributed by atoms with E-state index in [9.17, 15) is 9.59 Å². The molecule has 2 atom stereocenters. The number of carboxylic acid groups (broad SMARTS) is 1. The summed E-state index contributed by atoms with van der Waals surface area (Å²) in [5, 5.41) is 12.2. The lowest BCUT2D eigenvalue weighted by Gasteiger charge is -2.24. The van der Waals surface area contributed by atoms with Gasteiger partial charge in [-0.1, -0.05) is 31.5 Å². The second-order valence-electron chi connectivity index (χ2n) is 5.42. The van der Waals surface area contributed by atoms with Gasteiger partial charge in [-0.05, 0) is 24.1 Å². The van der Waals surface area contributed by atoms with Crippen LogP contribution in [-0.2, 0) is 14.3 Å². The van der Waals surface area contributed by atoms with Crippen molar-refractivity contribution in [1.82, 2.24) is 5.32 Å². The van der Waals surface area contributed by atoms with Gasteiger partial charge in [0.1, 0.15) is 11.8 Å². The first kappa shape index (κ1) is 19.3. The summed E-state index contributed by atoms with van der Waals surface area (Å²) in [5.41, 5.74) is 0. The smallest absolute Gasteiger partial charge is 0.326 e. The molecule has 7 heteroatoms. The van der Waals surface area contributed by atoms with Gasteiger partial charge in [-0.25, -0.2) is 4.79 Å². The molecule has 1 rings (SSSR count). The van der Waals surface area contributed by atoms with Crippen molar-refractivity contribution in [3.63, 3.8) is 0 Å². The van der Waals surface area contributed by atoms with E-state index in [1.807, 2.05) is 13.8 Å². The lowest BCUT2D eigenvalue weighted by molar-refractivity contribution is -0.144. The zero-order chi connectivity index (χ0) is 17.4. The number of benzene rings is 1. The van der Waals surface area contributed by atoms with Crippen molar-refractivity contribution >= 4 is 23.5 Å². The van der Waals surface area contributed by atoms with Crippen molar-refractivity contribution in [1.29, 1.82) is 0 Å². The molecule has 1 aromatic carbocycles. The monoisotopic (exact) mass is 343 g/mol. The van der Waals surface area contributed by atoms with E-state index < -0.39 is 24.0 Å². The molecule has 0 spiro atoms. The van der Waals surface area contributed by atoms with E-state index in [2.05, 4.69) is 5.32 Å². The summed E-state index contributed by atoms with van der Waals surface area (Å²) in [4.78, 5) is 23.6. The fraction of sp³-hybridized carbons (Fsp3) is 0.500. The Balaban J connectivity index is 2.79. The second kappa shape index (κ2) is 9.37. The molecule has 0 bridgehead atoms. The van der Waals surface area contributed by atoms with Gasteiger partial charge in [0.25, 0.3) is 5.91 Å². The third-order valence-corrected chi connectivity index (χ3v) is 3.38. The molecule has 1 amide bonds. The molecule has 128 valence electrons. The number of carbonyl (C=O) groups excluding carboxylic acids is 1. The van der Waals surface area contributed by atoms with E-state index >= 15 is 0 Å². The predicted octanol–water partition coefficient (Wildman–Crippen LogP) is 2.35. The maximum Gasteiger partial charge on any atom is 0.326 e. The molecule has 0 aromatic heterocycles. The third kappa shape index (κ3) is 6.46. The third-order valence-electron chi connectivity index (χ3n) is 3.15. The van der Waals surface area contributed by atoms with Crippen LogP contribution in [0.3, 0.4) is 0 Å². The number of amides is 1. The SMILES string of the molecule is COCCC(NC(=O)C(Oc1cccc(Cl)c1)C(C)C)C(=O)O. The number of hydrogen-bond donors (Lipinski definition) is 2. The Morgan fingerprint density at radius 3 is 2.57 bits per heavy atom. The Hall–Kier alpha value is -1.79. The van der Waals surface area contributed by atoms with Gasteiger partial charge in [0.2, 0.25) is 0 Å². The highest BCUT2D eigenvalue weighted by molar-refractivity contribution is 6.30. The number of carbonyl (C=O) groups is 2. The quantitative estimate of drug-likeness (QED) is 0.719. The number of halogens is 1. The van der Waals surface area contributed by atoms with Crippen molar-refractivity contribution in [2.24, 2.45) is 5.92 Å². The van der Waals surface area contributed by atoms with E-state index in [1.54, 1.807) is 24.3 Å². The average molecular weight is 344 g/mol. The minimum atomic E-state index is -1.11. The summed E-state index contributed by atoms with van der Waals surface area (Å²) in [6.07, 6.45) is -0.641. The summed E-state index contributed by atoms with van der Waals surface area (Å²) in [5.74, 6) is -1.29. The predicted molar refractivity (Wildman–Crippen MR) is 86.8 cm³/mol. The molecule has 0 aliphatic heterocycles. The van der Waals surface area contributed by atoms with Gasteiger partial charge >= 0.3 is 5.97 Å². The number of nitrogens with one attached hydrogen (secondary N) is 1. The maximum atomic E-state index is 12.4. The molecule has 1 aromatic rings. The number of aliphatic carboxylic acids is 1. The number of ether oxygens (including phenoxy) is 2. The largest absolute Gasteiger partial charge is 0.480 e. The Kier molecular flexibility index (Phi) is 7.85. The molecule has 0 aliphatic rings. The van der Waals surface area contributed by atoms with Crippen LogP contribution in [0.15, 0.2) is 24.3 Å². The molecule has 23 heavy (non-hydrogen) atoms. The lowest BCUT2D eigenvalue weighted by atomic mass is 10.1. The van der Waals surface area contributed by atoms with E-state index in [4.69, 9.17) is 26.2 Å². The molecule has 0 saturated heterocycles. The highest BCUT2D eigenvalue weighted by Crippen LogP contribution is 2.20. The summed E-state index contributed by atoms with van der Waals surface area (Å²) in [6, 6.07) is 5.68. The zero-order valence-corrected chi connectivity index (χ0v) is 14.2. The Morgan fingerprint density at radius 1 is 1.35 bits per heavy atom. The molecule has 0 heterocycles. The Labute approximate surface area is 140 Å². The molecule has 0 fully saturated rings. The topological polar surface area (TPSA) is 84.9 Å². The fourth-order valence-electron chi connectivity index (χ4n) is 1.93. The van der Waals surface area contributed by atoms with Crippen LogP contribution in [-0.4, -0.2) is 42.8 Å². The van der Waals surface area contributed by atoms with Gasteiger partial charge in [-0.2, -0.15) is 0 Å². The van der Waals surface area contributed by atoms with Crippen molar-refractivity contribution < 1.29 is 24.2 Å². The minimum Gasteiger partial charge on any atom is -0.480 e. The summed E-state index contributed by atoms with van der Waals surface area (Å²) in [7, 11) is 1.47. The van der Waals surface area contributed by atoms with E-state index in [0.717, 1.165) is 0 Å². The van der Waals surface area contributed by atoms with Crippen LogP contribution in [0.1, 0.15) is 20.3 Å². The van der Waals surface area contributed by atoms with Gasteiger partial charge in [0, 0.05) is 25.2 Å². The van der Waals surface area contributed by atoms with Crippen molar-refractivity contribution in [3.05, 3.63) is 29.3 Å². The van der Waals surface area contributed by atoms with Crippen LogP contribution in [0.25, 0.3) is 0 Å². The number of rotatable bonds is 9. The summed E-state index contributed by atoms with van der Waals surface area (Å²) >= 11 is 5.90. The second-order valence-corrected chi connectivity index (χ2v) is 5.86. The van der Waals surface area contributed by atoms with Gasteiger partial charge in [-0.3, -0.25) is 4.79 Å². The first-order valence-corrected chi connectivity index (χ1v) is 7.67. The highest BCUT2D eigenvalue weighted by Gasteiger charge is 2.28. The first-order chi connectivity index (χ1) is 10.8. The zero-order valence-electron chi connectivity index (χ0n) is 13.4. The number of carboxylic acids is 1. The van der Waals surface area contributed by atoms with Crippen LogP contribution < -0.4 is 10.1 Å². The van der Waals surface area contributed by atoms with Crippen LogP contribution in [0.4, 0.5) is 0 Å². The molecule has 6 nitrogen and oxygen atoms in total. The molecule has 2 N–H and O–H groups in total. The fourth-order valence-corrected chi connectivity index (χ4v) is 2.11. The van der Waals surface area contributed by atoms with Crippen molar-refractivity contribution in [2.45, 2.75) is 32.4 Å². The maximum absolute atomic E-state index is 12.4. The van der Waals surface area contributed by atoms with Crippen LogP contribution >= 0.6 is 11.6 Å². The molecule has 0 radical (unpaired) electrons. The van der Waals surface area contributed by atoms with Gasteiger partial charge < -0.3 is 19.9 Å². The van der Waals surface area contributed by atoms with E-state index in [0.29, 0.717) is 10.8 Å². The van der Waals surface area contributed by atoms with Crippen LogP contribution in [0, 0.1) is 5.92 Å². The van der Waals surface area contributed by atoms with E-state index in [1.165, 1.54) is 7.11 Å². The van der Waals surface area contributed by atoms with Gasteiger partial charge in [0.05, 0.1) is 0 Å². The molecular formula is C16H22ClNO5. The summed E-state index contributed by atoms with van der Waals surface area (Å²) < 4.78 is 10.5. The van der Waals surface area contributed by atoms with Gasteiger partial charge in [-0.15, -0.1) is 0 Å². The molecule has 0 aliphatic carbocycles. The summed E-state index contributed by atoms with van der Waals surface area (Å²) in [6.45, 7) is 3.87.